The third kappa shape index (κ3) is 2.39. The third-order valence-electron chi connectivity index (χ3n) is 2.97. The molecule has 2 N–H and O–H groups in total. The van der Waals surface area contributed by atoms with Crippen molar-refractivity contribution >= 4 is 15.7 Å². The Morgan fingerprint density at radius 1 is 1.39 bits per heavy atom. The number of hydrogen-bond donors (Lipinski definition) is 1. The Bertz CT molecular complexity index is 596. The second kappa shape index (κ2) is 4.70. The number of benzene rings is 1. The second-order valence-electron chi connectivity index (χ2n) is 4.35. The quantitative estimate of drug-likeness (QED) is 0.658. The van der Waals surface area contributed by atoms with Gasteiger partial charge in [-0.2, -0.15) is 4.31 Å². The summed E-state index contributed by atoms with van der Waals surface area (Å²) in [5.74, 6) is -0.804. The first-order valence-corrected chi connectivity index (χ1v) is 7.06. The fourth-order valence-electron chi connectivity index (χ4n) is 1.84. The number of nitrogen functional groups attached to an aromatic ring is 1. The number of nitrogens with zero attached hydrogens (tertiary/aromatic N) is 1. The van der Waals surface area contributed by atoms with Crippen LogP contribution in [0.4, 0.5) is 10.1 Å². The predicted octanol–water partition coefficient (Wildman–Crippen LogP) is 1.75. The average molecular weight is 270 g/mol. The van der Waals surface area contributed by atoms with Gasteiger partial charge in [0.15, 0.2) is 0 Å². The summed E-state index contributed by atoms with van der Waals surface area (Å²) in [6.07, 6.45) is 2.52. The minimum atomic E-state index is -3.77. The highest BCUT2D eigenvalue weighted by Gasteiger charge is 2.28. The highest BCUT2D eigenvalue weighted by Crippen LogP contribution is 2.23. The van der Waals surface area contributed by atoms with E-state index in [9.17, 15) is 12.8 Å². The lowest BCUT2D eigenvalue weighted by Gasteiger charge is -2.24. The van der Waals surface area contributed by atoms with Crippen LogP contribution in [-0.2, 0) is 10.0 Å². The molecule has 1 aromatic carbocycles. The predicted molar refractivity (Wildman–Crippen MR) is 67.9 cm³/mol. The van der Waals surface area contributed by atoms with Crippen molar-refractivity contribution in [1.29, 1.82) is 0 Å². The Hall–Kier alpha value is -1.40. The van der Waals surface area contributed by atoms with E-state index in [4.69, 9.17) is 5.73 Å². The van der Waals surface area contributed by atoms with Crippen LogP contribution in [0.25, 0.3) is 0 Å². The molecule has 1 aromatic rings. The highest BCUT2D eigenvalue weighted by molar-refractivity contribution is 7.89. The van der Waals surface area contributed by atoms with Crippen LogP contribution < -0.4 is 5.73 Å². The van der Waals surface area contributed by atoms with Gasteiger partial charge in [0.25, 0.3) is 0 Å². The van der Waals surface area contributed by atoms with Crippen LogP contribution in [0.15, 0.2) is 34.7 Å². The highest BCUT2D eigenvalue weighted by atomic mass is 32.2. The second-order valence-corrected chi connectivity index (χ2v) is 6.26. The molecule has 0 bridgehead atoms. The van der Waals surface area contributed by atoms with Gasteiger partial charge in [0, 0.05) is 18.8 Å². The first kappa shape index (κ1) is 13.0. The molecule has 0 spiro atoms. The maximum atomic E-state index is 13.7. The molecule has 0 fully saturated rings. The van der Waals surface area contributed by atoms with Gasteiger partial charge >= 0.3 is 0 Å². The summed E-state index contributed by atoms with van der Waals surface area (Å²) in [5.41, 5.74) is 6.77. The normalized spacial score (nSPS) is 17.6. The summed E-state index contributed by atoms with van der Waals surface area (Å²) in [4.78, 5) is -0.315. The lowest BCUT2D eigenvalue weighted by molar-refractivity contribution is 0.427. The molecule has 0 aliphatic carbocycles. The monoisotopic (exact) mass is 270 g/mol. The van der Waals surface area contributed by atoms with Crippen molar-refractivity contribution in [1.82, 2.24) is 4.31 Å². The van der Waals surface area contributed by atoms with Gasteiger partial charge in [-0.25, -0.2) is 12.8 Å². The summed E-state index contributed by atoms with van der Waals surface area (Å²) in [5, 5.41) is 0. The van der Waals surface area contributed by atoms with Crippen LogP contribution in [0.3, 0.4) is 0 Å². The SMILES string of the molecule is CC1=CCN(S(=O)(=O)c2ccc(N)cc2F)CC1. The number of hydrogen-bond acceptors (Lipinski definition) is 3. The van der Waals surface area contributed by atoms with E-state index in [0.717, 1.165) is 11.6 Å². The van der Waals surface area contributed by atoms with Crippen LogP contribution in [-0.4, -0.2) is 25.8 Å². The number of nitrogens with two attached hydrogens (primary N) is 1. The summed E-state index contributed by atoms with van der Waals surface area (Å²) < 4.78 is 39.4. The third-order valence-corrected chi connectivity index (χ3v) is 4.87. The molecule has 1 aliphatic rings. The van der Waals surface area contributed by atoms with Crippen LogP contribution in [0.5, 0.6) is 0 Å². The fourth-order valence-corrected chi connectivity index (χ4v) is 3.26. The van der Waals surface area contributed by atoms with Gasteiger partial charge in [-0.1, -0.05) is 11.6 Å². The maximum absolute atomic E-state index is 13.7. The molecule has 2 rings (SSSR count). The van der Waals surface area contributed by atoms with Crippen molar-refractivity contribution in [3.8, 4) is 0 Å². The van der Waals surface area contributed by atoms with Gasteiger partial charge in [0.2, 0.25) is 10.0 Å². The lowest BCUT2D eigenvalue weighted by Crippen LogP contribution is -2.35. The van der Waals surface area contributed by atoms with Crippen molar-refractivity contribution in [3.63, 3.8) is 0 Å². The summed E-state index contributed by atoms with van der Waals surface area (Å²) >= 11 is 0. The van der Waals surface area contributed by atoms with Gasteiger partial charge in [-0.15, -0.1) is 0 Å². The van der Waals surface area contributed by atoms with Crippen LogP contribution in [0.1, 0.15) is 13.3 Å². The lowest BCUT2D eigenvalue weighted by atomic mass is 10.1. The van der Waals surface area contributed by atoms with Crippen molar-refractivity contribution in [2.24, 2.45) is 0 Å². The summed E-state index contributed by atoms with van der Waals surface area (Å²) in [7, 11) is -3.77. The van der Waals surface area contributed by atoms with Gasteiger partial charge in [-0.3, -0.25) is 0 Å². The molecule has 1 heterocycles. The summed E-state index contributed by atoms with van der Waals surface area (Å²) in [6, 6.07) is 3.63. The van der Waals surface area contributed by atoms with E-state index < -0.39 is 15.8 Å². The van der Waals surface area contributed by atoms with E-state index in [2.05, 4.69) is 0 Å². The molecule has 0 atom stereocenters. The zero-order valence-electron chi connectivity index (χ0n) is 10.1. The van der Waals surface area contributed by atoms with Gasteiger partial charge in [-0.05, 0) is 31.5 Å². The molecular weight excluding hydrogens is 255 g/mol. The molecule has 18 heavy (non-hydrogen) atoms. The molecule has 0 aromatic heterocycles. The van der Waals surface area contributed by atoms with Crippen molar-refractivity contribution in [2.45, 2.75) is 18.2 Å². The van der Waals surface area contributed by atoms with Gasteiger partial charge in [0.1, 0.15) is 10.7 Å². The Kier molecular flexibility index (Phi) is 3.41. The molecule has 4 nitrogen and oxygen atoms in total. The van der Waals surface area contributed by atoms with E-state index in [1.54, 1.807) is 0 Å². The van der Waals surface area contributed by atoms with Crippen molar-refractivity contribution in [3.05, 3.63) is 35.7 Å². The van der Waals surface area contributed by atoms with Crippen LogP contribution >= 0.6 is 0 Å². The minimum absolute atomic E-state index is 0.209. The standard InChI is InChI=1S/C12H15FN2O2S/c1-9-4-6-15(7-5-9)18(16,17)12-3-2-10(14)8-11(12)13/h2-4,8H,5-7,14H2,1H3. The Morgan fingerprint density at radius 3 is 2.67 bits per heavy atom. The molecule has 98 valence electrons. The number of sulfonamides is 1. The van der Waals surface area contributed by atoms with Crippen LogP contribution in [0.2, 0.25) is 0 Å². The zero-order valence-corrected chi connectivity index (χ0v) is 10.9. The fraction of sp³-hybridized carbons (Fsp3) is 0.333. The Morgan fingerprint density at radius 2 is 2.11 bits per heavy atom. The Labute approximate surface area is 106 Å². The zero-order chi connectivity index (χ0) is 13.3. The molecule has 6 heteroatoms. The van der Waals surface area contributed by atoms with E-state index >= 15 is 0 Å². The van der Waals surface area contributed by atoms with Gasteiger partial charge < -0.3 is 5.73 Å². The minimum Gasteiger partial charge on any atom is -0.399 e. The smallest absolute Gasteiger partial charge is 0.246 e. The Balaban J connectivity index is 2.37. The van der Waals surface area contributed by atoms with Crippen LogP contribution in [0, 0.1) is 5.82 Å². The van der Waals surface area contributed by atoms with E-state index in [0.29, 0.717) is 13.0 Å². The largest absolute Gasteiger partial charge is 0.399 e. The molecule has 0 radical (unpaired) electrons. The first-order valence-electron chi connectivity index (χ1n) is 5.62. The molecule has 1 aliphatic heterocycles. The summed E-state index contributed by atoms with van der Waals surface area (Å²) in [6.45, 7) is 2.63. The van der Waals surface area contributed by atoms with E-state index in [1.807, 2.05) is 13.0 Å². The number of halogens is 1. The maximum Gasteiger partial charge on any atom is 0.246 e. The van der Waals surface area contributed by atoms with E-state index in [-0.39, 0.29) is 17.1 Å². The number of anilines is 1. The average Bonchev–Trinajstić information content (AvgIpc) is 2.29. The first-order chi connectivity index (χ1) is 8.41. The van der Waals surface area contributed by atoms with Crippen molar-refractivity contribution in [2.75, 3.05) is 18.8 Å². The molecule has 0 saturated heterocycles. The molecular formula is C12H15FN2O2S. The molecule has 0 amide bonds. The number of rotatable bonds is 2. The van der Waals surface area contributed by atoms with E-state index in [1.165, 1.54) is 16.4 Å². The molecule has 0 saturated carbocycles. The van der Waals surface area contributed by atoms with Gasteiger partial charge in [0.05, 0.1) is 0 Å². The van der Waals surface area contributed by atoms with Crippen molar-refractivity contribution < 1.29 is 12.8 Å². The topological polar surface area (TPSA) is 63.4 Å². The molecule has 0 unspecified atom stereocenters.